The molecule has 2 aromatic carbocycles. The second kappa shape index (κ2) is 8.67. The molecule has 0 spiro atoms. The number of halogens is 1. The Balaban J connectivity index is 1.72. The van der Waals surface area contributed by atoms with Gasteiger partial charge in [-0.1, -0.05) is 18.2 Å². The molecule has 1 amide bonds. The number of nitrogens with one attached hydrogen (secondary N) is 1. The summed E-state index contributed by atoms with van der Waals surface area (Å²) in [5, 5.41) is 2.54. The molecule has 0 bridgehead atoms. The number of rotatable bonds is 7. The Bertz CT molecular complexity index is 673. The van der Waals surface area contributed by atoms with Gasteiger partial charge in [0.25, 0.3) is 5.91 Å². The van der Waals surface area contributed by atoms with E-state index in [1.54, 1.807) is 12.1 Å². The van der Waals surface area contributed by atoms with Gasteiger partial charge in [-0.3, -0.25) is 9.59 Å². The van der Waals surface area contributed by atoms with Crippen molar-refractivity contribution < 1.29 is 23.5 Å². The van der Waals surface area contributed by atoms with Crippen molar-refractivity contribution in [2.24, 2.45) is 0 Å². The number of hydrogen-bond donors (Lipinski definition) is 1. The molecule has 6 heteroatoms. The van der Waals surface area contributed by atoms with E-state index in [9.17, 15) is 14.0 Å². The monoisotopic (exact) mass is 331 g/mol. The fourth-order valence-corrected chi connectivity index (χ4v) is 1.86. The maximum absolute atomic E-state index is 12.8. The molecule has 0 aromatic heterocycles. The van der Waals surface area contributed by atoms with Crippen LogP contribution in [0.15, 0.2) is 54.6 Å². The maximum Gasteiger partial charge on any atom is 0.310 e. The van der Waals surface area contributed by atoms with Gasteiger partial charge in [0, 0.05) is 5.69 Å². The first-order valence-corrected chi connectivity index (χ1v) is 7.48. The summed E-state index contributed by atoms with van der Waals surface area (Å²) < 4.78 is 23.2. The van der Waals surface area contributed by atoms with Crippen molar-refractivity contribution >= 4 is 17.6 Å². The number of carbonyl (C=O) groups is 2. The Morgan fingerprint density at radius 2 is 1.75 bits per heavy atom. The number of amides is 1. The number of carbonyl (C=O) groups excluding carboxylic acids is 2. The summed E-state index contributed by atoms with van der Waals surface area (Å²) in [4.78, 5) is 23.6. The summed E-state index contributed by atoms with van der Waals surface area (Å²) in [5.74, 6) is -0.759. The molecule has 0 radical (unpaired) electrons. The van der Waals surface area contributed by atoms with Gasteiger partial charge in [-0.2, -0.15) is 0 Å². The van der Waals surface area contributed by atoms with Crippen LogP contribution in [-0.2, 0) is 14.3 Å². The Hall–Kier alpha value is -2.89. The van der Waals surface area contributed by atoms with Crippen LogP contribution in [0, 0.1) is 5.82 Å². The van der Waals surface area contributed by atoms with Crippen molar-refractivity contribution in [3.8, 4) is 5.75 Å². The van der Waals surface area contributed by atoms with E-state index < -0.39 is 23.8 Å². The SMILES string of the molecule is C[C@H](OC(=O)CCOc1ccccc1)C(=O)Nc1ccc(F)cc1. The lowest BCUT2D eigenvalue weighted by atomic mass is 10.3. The van der Waals surface area contributed by atoms with E-state index in [0.717, 1.165) is 0 Å². The average Bonchev–Trinajstić information content (AvgIpc) is 2.58. The van der Waals surface area contributed by atoms with Gasteiger partial charge in [0.15, 0.2) is 6.10 Å². The molecule has 0 heterocycles. The summed E-state index contributed by atoms with van der Waals surface area (Å²) in [6.07, 6.45) is -0.928. The number of anilines is 1. The Morgan fingerprint density at radius 3 is 2.42 bits per heavy atom. The highest BCUT2D eigenvalue weighted by atomic mass is 19.1. The first kappa shape index (κ1) is 17.5. The molecule has 0 aliphatic heterocycles. The molecule has 24 heavy (non-hydrogen) atoms. The lowest BCUT2D eigenvalue weighted by molar-refractivity contribution is -0.153. The van der Waals surface area contributed by atoms with Crippen molar-refractivity contribution in [3.63, 3.8) is 0 Å². The molecular formula is C18H18FNO4. The number of benzene rings is 2. The van der Waals surface area contributed by atoms with Crippen molar-refractivity contribution in [1.29, 1.82) is 0 Å². The number of para-hydroxylation sites is 1. The zero-order chi connectivity index (χ0) is 17.4. The second-order valence-electron chi connectivity index (χ2n) is 5.04. The van der Waals surface area contributed by atoms with Gasteiger partial charge < -0.3 is 14.8 Å². The van der Waals surface area contributed by atoms with Crippen molar-refractivity contribution in [2.75, 3.05) is 11.9 Å². The molecule has 0 saturated heterocycles. The van der Waals surface area contributed by atoms with Gasteiger partial charge >= 0.3 is 5.97 Å². The lowest BCUT2D eigenvalue weighted by Crippen LogP contribution is -2.30. The molecule has 1 atom stereocenters. The molecule has 5 nitrogen and oxygen atoms in total. The molecule has 2 rings (SSSR count). The van der Waals surface area contributed by atoms with E-state index in [2.05, 4.69) is 5.32 Å². The van der Waals surface area contributed by atoms with E-state index in [1.807, 2.05) is 18.2 Å². The van der Waals surface area contributed by atoms with Crippen LogP contribution in [0.2, 0.25) is 0 Å². The zero-order valence-electron chi connectivity index (χ0n) is 13.2. The molecule has 2 aromatic rings. The topological polar surface area (TPSA) is 64.6 Å². The lowest BCUT2D eigenvalue weighted by Gasteiger charge is -2.13. The van der Waals surface area contributed by atoms with Crippen molar-refractivity contribution in [3.05, 3.63) is 60.4 Å². The fraction of sp³-hybridized carbons (Fsp3) is 0.222. The van der Waals surface area contributed by atoms with E-state index in [1.165, 1.54) is 31.2 Å². The van der Waals surface area contributed by atoms with Crippen LogP contribution in [0.5, 0.6) is 5.75 Å². The fourth-order valence-electron chi connectivity index (χ4n) is 1.86. The third-order valence-corrected chi connectivity index (χ3v) is 3.11. The molecule has 0 fully saturated rings. The third kappa shape index (κ3) is 5.72. The summed E-state index contributed by atoms with van der Waals surface area (Å²) in [5.41, 5.74) is 0.428. The second-order valence-corrected chi connectivity index (χ2v) is 5.04. The number of hydrogen-bond acceptors (Lipinski definition) is 4. The largest absolute Gasteiger partial charge is 0.493 e. The summed E-state index contributed by atoms with van der Waals surface area (Å²) in [6, 6.07) is 14.4. The summed E-state index contributed by atoms with van der Waals surface area (Å²) in [7, 11) is 0. The predicted molar refractivity (Wildman–Crippen MR) is 87.1 cm³/mol. The Kier molecular flexibility index (Phi) is 6.31. The molecule has 0 saturated carbocycles. The van der Waals surface area contributed by atoms with Crippen LogP contribution in [-0.4, -0.2) is 24.6 Å². The highest BCUT2D eigenvalue weighted by molar-refractivity contribution is 5.95. The van der Waals surface area contributed by atoms with Crippen LogP contribution in [0.4, 0.5) is 10.1 Å². The molecule has 0 aliphatic carbocycles. The van der Waals surface area contributed by atoms with Crippen LogP contribution < -0.4 is 10.1 Å². The smallest absolute Gasteiger partial charge is 0.310 e. The van der Waals surface area contributed by atoms with E-state index in [0.29, 0.717) is 11.4 Å². The average molecular weight is 331 g/mol. The molecule has 126 valence electrons. The van der Waals surface area contributed by atoms with Gasteiger partial charge in [-0.25, -0.2) is 4.39 Å². The van der Waals surface area contributed by atoms with Crippen molar-refractivity contribution in [2.45, 2.75) is 19.4 Å². The zero-order valence-corrected chi connectivity index (χ0v) is 13.2. The van der Waals surface area contributed by atoms with Gasteiger partial charge in [0.1, 0.15) is 11.6 Å². The Morgan fingerprint density at radius 1 is 1.08 bits per heavy atom. The van der Waals surface area contributed by atoms with Gasteiger partial charge in [-0.05, 0) is 43.3 Å². The van der Waals surface area contributed by atoms with Crippen molar-refractivity contribution in [1.82, 2.24) is 0 Å². The van der Waals surface area contributed by atoms with Crippen LogP contribution in [0.1, 0.15) is 13.3 Å². The van der Waals surface area contributed by atoms with Crippen LogP contribution >= 0.6 is 0 Å². The summed E-state index contributed by atoms with van der Waals surface area (Å²) in [6.45, 7) is 1.63. The molecule has 0 unspecified atom stereocenters. The molecule has 0 aliphatic rings. The van der Waals surface area contributed by atoms with E-state index >= 15 is 0 Å². The highest BCUT2D eigenvalue weighted by Gasteiger charge is 2.17. The van der Waals surface area contributed by atoms with E-state index in [-0.39, 0.29) is 13.0 Å². The van der Waals surface area contributed by atoms with E-state index in [4.69, 9.17) is 9.47 Å². The van der Waals surface area contributed by atoms with Crippen LogP contribution in [0.25, 0.3) is 0 Å². The van der Waals surface area contributed by atoms with Gasteiger partial charge in [0.2, 0.25) is 0 Å². The minimum Gasteiger partial charge on any atom is -0.493 e. The van der Waals surface area contributed by atoms with Crippen LogP contribution in [0.3, 0.4) is 0 Å². The first-order valence-electron chi connectivity index (χ1n) is 7.48. The predicted octanol–water partition coefficient (Wildman–Crippen LogP) is 3.17. The minimum absolute atomic E-state index is 0.0308. The quantitative estimate of drug-likeness (QED) is 0.792. The highest BCUT2D eigenvalue weighted by Crippen LogP contribution is 2.10. The molecular weight excluding hydrogens is 313 g/mol. The number of esters is 1. The van der Waals surface area contributed by atoms with Gasteiger partial charge in [-0.15, -0.1) is 0 Å². The Labute approximate surface area is 139 Å². The maximum atomic E-state index is 12.8. The normalized spacial score (nSPS) is 11.4. The summed E-state index contributed by atoms with van der Waals surface area (Å²) >= 11 is 0. The standard InChI is InChI=1S/C18H18FNO4/c1-13(18(22)20-15-9-7-14(19)8-10-15)24-17(21)11-12-23-16-5-3-2-4-6-16/h2-10,13H,11-12H2,1H3,(H,20,22)/t13-/m0/s1. The minimum atomic E-state index is -0.959. The molecule has 1 N–H and O–H groups in total. The van der Waals surface area contributed by atoms with Gasteiger partial charge in [0.05, 0.1) is 13.0 Å². The third-order valence-electron chi connectivity index (χ3n) is 3.11. The number of ether oxygens (including phenoxy) is 2. The first-order chi connectivity index (χ1) is 11.5.